The highest BCUT2D eigenvalue weighted by Gasteiger charge is 2.16. The van der Waals surface area contributed by atoms with Crippen molar-refractivity contribution < 1.29 is 9.69 Å². The van der Waals surface area contributed by atoms with Gasteiger partial charge in [0.05, 0.1) is 14.1 Å². The Morgan fingerprint density at radius 1 is 1.08 bits per heavy atom. The van der Waals surface area contributed by atoms with Gasteiger partial charge in [0.15, 0.2) is 0 Å². The maximum atomic E-state index is 12.3. The van der Waals surface area contributed by atoms with Crippen LogP contribution in [0.4, 0.5) is 0 Å². The molecule has 1 atom stereocenters. The first kappa shape index (κ1) is 18.0. The van der Waals surface area contributed by atoms with Gasteiger partial charge in [-0.05, 0) is 29.2 Å². The van der Waals surface area contributed by atoms with Crippen LogP contribution >= 0.6 is 0 Å². The van der Waals surface area contributed by atoms with Crippen molar-refractivity contribution in [3.8, 4) is 0 Å². The van der Waals surface area contributed by atoms with Crippen LogP contribution in [0.3, 0.4) is 0 Å². The molecule has 126 valence electrons. The first-order chi connectivity index (χ1) is 11.6. The molecule has 2 aromatic rings. The molecule has 0 aliphatic rings. The number of amides is 1. The van der Waals surface area contributed by atoms with Crippen LogP contribution < -0.4 is 10.2 Å². The molecule has 0 saturated heterocycles. The molecule has 1 amide bonds. The minimum Gasteiger partial charge on any atom is -0.340 e. The number of carbonyl (C=O) groups is 1. The Bertz CT molecular complexity index is 660. The molecule has 0 spiro atoms. The summed E-state index contributed by atoms with van der Waals surface area (Å²) < 4.78 is 0. The van der Waals surface area contributed by atoms with E-state index >= 15 is 0 Å². The number of benzene rings is 2. The van der Waals surface area contributed by atoms with Gasteiger partial charge in [-0.3, -0.25) is 4.79 Å². The highest BCUT2D eigenvalue weighted by Crippen LogP contribution is 2.11. The van der Waals surface area contributed by atoms with Crippen LogP contribution in [-0.2, 0) is 11.2 Å². The molecule has 0 radical (unpaired) electrons. The largest absolute Gasteiger partial charge is 0.340 e. The van der Waals surface area contributed by atoms with E-state index < -0.39 is 0 Å². The molecular weight excluding hydrogens is 296 g/mol. The first-order valence-corrected chi connectivity index (χ1v) is 8.50. The molecule has 2 rings (SSSR count). The summed E-state index contributed by atoms with van der Waals surface area (Å²) in [4.78, 5) is 13.6. The van der Waals surface area contributed by atoms with E-state index in [1.807, 2.05) is 36.4 Å². The minimum atomic E-state index is -0.0651. The molecule has 0 fully saturated rings. The van der Waals surface area contributed by atoms with Crippen molar-refractivity contribution in [2.45, 2.75) is 19.4 Å². The van der Waals surface area contributed by atoms with Crippen molar-refractivity contribution in [2.75, 3.05) is 20.6 Å². The van der Waals surface area contributed by atoms with Gasteiger partial charge in [0.25, 0.3) is 0 Å². The Hall–Kier alpha value is -2.39. The summed E-state index contributed by atoms with van der Waals surface area (Å²) in [6.45, 7) is 2.98. The smallest absolute Gasteiger partial charge is 0.244 e. The van der Waals surface area contributed by atoms with E-state index in [0.717, 1.165) is 24.1 Å². The molecule has 24 heavy (non-hydrogen) atoms. The predicted octanol–water partition coefficient (Wildman–Crippen LogP) is 2.26. The van der Waals surface area contributed by atoms with Gasteiger partial charge in [0.1, 0.15) is 12.6 Å². The third-order valence-corrected chi connectivity index (χ3v) is 3.95. The van der Waals surface area contributed by atoms with E-state index in [2.05, 4.69) is 50.6 Å². The summed E-state index contributed by atoms with van der Waals surface area (Å²) in [7, 11) is 4.18. The molecule has 2 aromatic carbocycles. The number of quaternary nitrogens is 1. The Kier molecular flexibility index (Phi) is 6.76. The Morgan fingerprint density at radius 2 is 1.75 bits per heavy atom. The van der Waals surface area contributed by atoms with E-state index in [9.17, 15) is 4.79 Å². The number of likely N-dealkylation sites (N-methyl/N-ethyl adjacent to an activating group) is 1. The van der Waals surface area contributed by atoms with Crippen molar-refractivity contribution in [1.82, 2.24) is 5.32 Å². The number of aryl methyl sites for hydroxylation is 1. The lowest BCUT2D eigenvalue weighted by molar-refractivity contribution is -0.860. The van der Waals surface area contributed by atoms with Crippen LogP contribution in [-0.4, -0.2) is 26.5 Å². The Labute approximate surface area is 145 Å². The van der Waals surface area contributed by atoms with E-state index in [-0.39, 0.29) is 11.9 Å². The normalized spacial score (nSPS) is 12.5. The van der Waals surface area contributed by atoms with E-state index in [4.69, 9.17) is 0 Å². The van der Waals surface area contributed by atoms with E-state index in [0.29, 0.717) is 0 Å². The maximum absolute atomic E-state index is 12.3. The van der Waals surface area contributed by atoms with Gasteiger partial charge < -0.3 is 10.2 Å². The minimum absolute atomic E-state index is 0.0100. The Balaban J connectivity index is 2.02. The fraction of sp³-hybridized carbons (Fsp3) is 0.286. The molecular formula is C21H27N2O+. The summed E-state index contributed by atoms with van der Waals surface area (Å²) in [6, 6.07) is 18.4. The van der Waals surface area contributed by atoms with Gasteiger partial charge in [-0.25, -0.2) is 0 Å². The predicted molar refractivity (Wildman–Crippen MR) is 99.9 cm³/mol. The lowest BCUT2D eigenvalue weighted by Gasteiger charge is -2.20. The molecule has 3 heteroatoms. The topological polar surface area (TPSA) is 33.5 Å². The Morgan fingerprint density at radius 3 is 2.33 bits per heavy atom. The number of hydrogen-bond acceptors (Lipinski definition) is 1. The lowest BCUT2D eigenvalue weighted by atomic mass is 10.1. The zero-order chi connectivity index (χ0) is 17.4. The van der Waals surface area contributed by atoms with E-state index in [1.165, 1.54) is 10.5 Å². The lowest BCUT2D eigenvalue weighted by Crippen LogP contribution is -3.06. The van der Waals surface area contributed by atoms with Crippen LogP contribution in [0, 0.1) is 0 Å². The van der Waals surface area contributed by atoms with Gasteiger partial charge >= 0.3 is 0 Å². The molecule has 0 aromatic heterocycles. The van der Waals surface area contributed by atoms with Crippen molar-refractivity contribution in [3.05, 3.63) is 77.4 Å². The second kappa shape index (κ2) is 9.04. The summed E-state index contributed by atoms with van der Waals surface area (Å²) in [6.07, 6.45) is 4.50. The third-order valence-electron chi connectivity index (χ3n) is 3.95. The van der Waals surface area contributed by atoms with Gasteiger partial charge in [0, 0.05) is 6.08 Å². The summed E-state index contributed by atoms with van der Waals surface area (Å²) in [5, 5.41) is 3.11. The summed E-state index contributed by atoms with van der Waals surface area (Å²) >= 11 is 0. The van der Waals surface area contributed by atoms with Gasteiger partial charge in [0.2, 0.25) is 5.91 Å². The quantitative estimate of drug-likeness (QED) is 0.753. The van der Waals surface area contributed by atoms with Crippen LogP contribution in [0.5, 0.6) is 0 Å². The maximum Gasteiger partial charge on any atom is 0.244 e. The molecule has 0 aliphatic carbocycles. The highest BCUT2D eigenvalue weighted by molar-refractivity contribution is 5.92. The highest BCUT2D eigenvalue weighted by atomic mass is 16.1. The summed E-state index contributed by atoms with van der Waals surface area (Å²) in [5.74, 6) is -0.0651. The van der Waals surface area contributed by atoms with E-state index in [1.54, 1.807) is 6.08 Å². The number of hydrogen-bond donors (Lipinski definition) is 2. The van der Waals surface area contributed by atoms with Crippen LogP contribution in [0.2, 0.25) is 0 Å². The van der Waals surface area contributed by atoms with Crippen LogP contribution in [0.15, 0.2) is 60.7 Å². The summed E-state index contributed by atoms with van der Waals surface area (Å²) in [5.41, 5.74) is 3.47. The number of nitrogens with one attached hydrogen (secondary N) is 2. The molecule has 3 nitrogen and oxygen atoms in total. The van der Waals surface area contributed by atoms with Crippen molar-refractivity contribution in [3.63, 3.8) is 0 Å². The fourth-order valence-corrected chi connectivity index (χ4v) is 2.60. The third kappa shape index (κ3) is 5.67. The van der Waals surface area contributed by atoms with Crippen molar-refractivity contribution >= 4 is 12.0 Å². The molecule has 2 N–H and O–H groups in total. The zero-order valence-corrected chi connectivity index (χ0v) is 14.8. The van der Waals surface area contributed by atoms with Gasteiger partial charge in [-0.1, -0.05) is 61.5 Å². The molecule has 0 unspecified atom stereocenters. The second-order valence-corrected chi connectivity index (χ2v) is 6.31. The molecule has 0 heterocycles. The van der Waals surface area contributed by atoms with Gasteiger partial charge in [-0.15, -0.1) is 0 Å². The SMILES string of the molecule is CCc1ccc(/C=C/C(=O)N[C@H](C[NH+](C)C)c2ccccc2)cc1. The van der Waals surface area contributed by atoms with Crippen molar-refractivity contribution in [1.29, 1.82) is 0 Å². The monoisotopic (exact) mass is 323 g/mol. The molecule has 0 aliphatic heterocycles. The zero-order valence-electron chi connectivity index (χ0n) is 14.8. The van der Waals surface area contributed by atoms with Gasteiger partial charge in [-0.2, -0.15) is 0 Å². The van der Waals surface area contributed by atoms with Crippen molar-refractivity contribution in [2.24, 2.45) is 0 Å². The van der Waals surface area contributed by atoms with Crippen LogP contribution in [0.1, 0.15) is 29.7 Å². The number of rotatable bonds is 7. The number of carbonyl (C=O) groups excluding carboxylic acids is 1. The van der Waals surface area contributed by atoms with Crippen LogP contribution in [0.25, 0.3) is 6.08 Å². The first-order valence-electron chi connectivity index (χ1n) is 8.50. The molecule has 0 saturated carbocycles. The average molecular weight is 323 g/mol. The average Bonchev–Trinajstić information content (AvgIpc) is 2.60. The fourth-order valence-electron chi connectivity index (χ4n) is 2.60. The molecule has 0 bridgehead atoms. The second-order valence-electron chi connectivity index (χ2n) is 6.31. The standard InChI is InChI=1S/C21H26N2O/c1-4-17-10-12-18(13-11-17)14-15-21(24)22-20(16-23(2)3)19-8-6-5-7-9-19/h5-15,20H,4,16H2,1-3H3,(H,22,24)/p+1/b15-14+/t20-/m1/s1.